The van der Waals surface area contributed by atoms with E-state index in [0.29, 0.717) is 12.2 Å². The van der Waals surface area contributed by atoms with Gasteiger partial charge in [0.1, 0.15) is 5.75 Å². The van der Waals surface area contributed by atoms with Crippen molar-refractivity contribution in [1.29, 1.82) is 0 Å². The Morgan fingerprint density at radius 1 is 1.23 bits per heavy atom. The Morgan fingerprint density at radius 2 is 2.08 bits per heavy atom. The highest BCUT2D eigenvalue weighted by Crippen LogP contribution is 2.32. The van der Waals surface area contributed by atoms with Gasteiger partial charge in [-0.25, -0.2) is 4.98 Å². The fraction of sp³-hybridized carbons (Fsp3) is 0.200. The lowest BCUT2D eigenvalue weighted by atomic mass is 10.00. The molecule has 0 unspecified atom stereocenters. The van der Waals surface area contributed by atoms with Gasteiger partial charge in [0.15, 0.2) is 0 Å². The van der Waals surface area contributed by atoms with Crippen LogP contribution in [0.2, 0.25) is 0 Å². The summed E-state index contributed by atoms with van der Waals surface area (Å²) in [5, 5.41) is 5.22. The number of benzene rings is 2. The summed E-state index contributed by atoms with van der Waals surface area (Å²) in [6.07, 6.45) is 0.775. The predicted octanol–water partition coefficient (Wildman–Crippen LogP) is 4.69. The molecular formula is C20H18N2O2S2. The van der Waals surface area contributed by atoms with E-state index in [1.165, 1.54) is 0 Å². The third-order valence-electron chi connectivity index (χ3n) is 4.25. The van der Waals surface area contributed by atoms with Gasteiger partial charge in [-0.3, -0.25) is 4.79 Å². The van der Waals surface area contributed by atoms with E-state index in [2.05, 4.69) is 10.3 Å². The zero-order chi connectivity index (χ0) is 17.8. The second-order valence-electron chi connectivity index (χ2n) is 5.97. The molecule has 0 fully saturated rings. The Kier molecular flexibility index (Phi) is 5.22. The Hall–Kier alpha value is -2.31. The molecule has 3 aromatic rings. The number of rotatable bonds is 5. The second-order valence-corrected chi connectivity index (χ2v) is 7.70. The maximum atomic E-state index is 12.9. The standard InChI is InChI=1S/C20H18N2O2S2/c23-20(22-17-9-10-24-18-7-3-1-5-15(17)18)16-6-2-4-8-19(16)26-12-14-11-25-13-21-14/h1-8,11,13,17H,9-10,12H2,(H,22,23)/t17-/m1/s1. The van der Waals surface area contributed by atoms with Gasteiger partial charge in [0.25, 0.3) is 5.91 Å². The predicted molar refractivity (Wildman–Crippen MR) is 105 cm³/mol. The third-order valence-corrected chi connectivity index (χ3v) is 6.00. The van der Waals surface area contributed by atoms with E-state index in [0.717, 1.165) is 34.1 Å². The number of amides is 1. The van der Waals surface area contributed by atoms with E-state index in [4.69, 9.17) is 4.74 Å². The van der Waals surface area contributed by atoms with E-state index in [-0.39, 0.29) is 11.9 Å². The maximum Gasteiger partial charge on any atom is 0.252 e. The molecule has 2 heterocycles. The van der Waals surface area contributed by atoms with Gasteiger partial charge < -0.3 is 10.1 Å². The average Bonchev–Trinajstić information content (AvgIpc) is 3.20. The quantitative estimate of drug-likeness (QED) is 0.651. The molecular weight excluding hydrogens is 364 g/mol. The lowest BCUT2D eigenvalue weighted by Crippen LogP contribution is -2.32. The zero-order valence-corrected chi connectivity index (χ0v) is 15.7. The molecule has 0 radical (unpaired) electrons. The first-order valence-electron chi connectivity index (χ1n) is 8.43. The van der Waals surface area contributed by atoms with Crippen LogP contribution in [0.15, 0.2) is 64.3 Å². The first-order chi connectivity index (χ1) is 12.8. The van der Waals surface area contributed by atoms with Gasteiger partial charge in [0.05, 0.1) is 29.4 Å². The van der Waals surface area contributed by atoms with Crippen LogP contribution in [-0.2, 0) is 5.75 Å². The summed E-state index contributed by atoms with van der Waals surface area (Å²) in [6, 6.07) is 15.6. The van der Waals surface area contributed by atoms with Crippen LogP contribution in [0, 0.1) is 0 Å². The van der Waals surface area contributed by atoms with Crippen LogP contribution >= 0.6 is 23.1 Å². The number of aromatic nitrogens is 1. The number of ether oxygens (including phenoxy) is 1. The van der Waals surface area contributed by atoms with Crippen LogP contribution in [0.4, 0.5) is 0 Å². The molecule has 132 valence electrons. The van der Waals surface area contributed by atoms with Gasteiger partial charge in [-0.05, 0) is 18.2 Å². The summed E-state index contributed by atoms with van der Waals surface area (Å²) < 4.78 is 5.68. The topological polar surface area (TPSA) is 51.2 Å². The van der Waals surface area contributed by atoms with Gasteiger partial charge >= 0.3 is 0 Å². The highest BCUT2D eigenvalue weighted by atomic mass is 32.2. The molecule has 1 atom stereocenters. The molecule has 1 N–H and O–H groups in total. The number of hydrogen-bond donors (Lipinski definition) is 1. The van der Waals surface area contributed by atoms with Crippen LogP contribution in [0.25, 0.3) is 0 Å². The fourth-order valence-corrected chi connectivity index (χ4v) is 4.58. The SMILES string of the molecule is O=C(N[C@@H]1CCOc2ccccc21)c1ccccc1SCc1cscn1. The number of hydrogen-bond acceptors (Lipinski definition) is 5. The molecule has 4 rings (SSSR count). The molecule has 1 aromatic heterocycles. The van der Waals surface area contributed by atoms with Gasteiger partial charge in [-0.1, -0.05) is 30.3 Å². The minimum Gasteiger partial charge on any atom is -0.493 e. The summed E-state index contributed by atoms with van der Waals surface area (Å²) in [7, 11) is 0. The molecule has 2 aromatic carbocycles. The van der Waals surface area contributed by atoms with E-state index in [1.807, 2.05) is 59.4 Å². The van der Waals surface area contributed by atoms with Crippen molar-refractivity contribution in [1.82, 2.24) is 10.3 Å². The van der Waals surface area contributed by atoms with E-state index < -0.39 is 0 Å². The largest absolute Gasteiger partial charge is 0.493 e. The highest BCUT2D eigenvalue weighted by molar-refractivity contribution is 7.98. The first kappa shape index (κ1) is 17.1. The number of nitrogens with one attached hydrogen (secondary N) is 1. The number of thiazole rings is 1. The molecule has 0 saturated heterocycles. The van der Waals surface area contributed by atoms with Crippen molar-refractivity contribution < 1.29 is 9.53 Å². The molecule has 0 aliphatic carbocycles. The lowest BCUT2D eigenvalue weighted by molar-refractivity contribution is 0.0922. The number of carbonyl (C=O) groups is 1. The average molecular weight is 383 g/mol. The van der Waals surface area contributed by atoms with Crippen LogP contribution in [0.3, 0.4) is 0 Å². The highest BCUT2D eigenvalue weighted by Gasteiger charge is 2.24. The molecule has 0 bridgehead atoms. The van der Waals surface area contributed by atoms with E-state index >= 15 is 0 Å². The maximum absolute atomic E-state index is 12.9. The Balaban J connectivity index is 1.50. The number of para-hydroxylation sites is 1. The van der Waals surface area contributed by atoms with Gasteiger partial charge in [-0.2, -0.15) is 0 Å². The van der Waals surface area contributed by atoms with Gasteiger partial charge in [0.2, 0.25) is 0 Å². The minimum atomic E-state index is -0.0481. The van der Waals surface area contributed by atoms with Crippen LogP contribution in [-0.4, -0.2) is 17.5 Å². The molecule has 6 heteroatoms. The van der Waals surface area contributed by atoms with E-state index in [1.54, 1.807) is 23.1 Å². The van der Waals surface area contributed by atoms with Crippen molar-refractivity contribution in [3.63, 3.8) is 0 Å². The number of fused-ring (bicyclic) bond motifs is 1. The first-order valence-corrected chi connectivity index (χ1v) is 10.4. The van der Waals surface area contributed by atoms with Crippen molar-refractivity contribution in [3.8, 4) is 5.75 Å². The van der Waals surface area contributed by atoms with Crippen molar-refractivity contribution in [2.75, 3.05) is 6.61 Å². The van der Waals surface area contributed by atoms with E-state index in [9.17, 15) is 4.79 Å². The minimum absolute atomic E-state index is 0.0240. The molecule has 0 spiro atoms. The number of thioether (sulfide) groups is 1. The van der Waals surface area contributed by atoms with Crippen molar-refractivity contribution in [2.24, 2.45) is 0 Å². The molecule has 1 aliphatic heterocycles. The molecule has 4 nitrogen and oxygen atoms in total. The summed E-state index contributed by atoms with van der Waals surface area (Å²) in [5.74, 6) is 1.57. The third kappa shape index (κ3) is 3.76. The smallest absolute Gasteiger partial charge is 0.252 e. The van der Waals surface area contributed by atoms with Crippen molar-refractivity contribution >= 4 is 29.0 Å². The summed E-state index contributed by atoms with van der Waals surface area (Å²) in [5.41, 5.74) is 4.61. The molecule has 26 heavy (non-hydrogen) atoms. The van der Waals surface area contributed by atoms with Crippen molar-refractivity contribution in [2.45, 2.75) is 23.1 Å². The lowest BCUT2D eigenvalue weighted by Gasteiger charge is -2.26. The van der Waals surface area contributed by atoms with Crippen LogP contribution in [0.1, 0.15) is 34.1 Å². The van der Waals surface area contributed by atoms with Crippen LogP contribution in [0.5, 0.6) is 5.75 Å². The van der Waals surface area contributed by atoms with Crippen LogP contribution < -0.4 is 10.1 Å². The normalized spacial score (nSPS) is 15.8. The molecule has 0 saturated carbocycles. The second kappa shape index (κ2) is 7.93. The summed E-state index contributed by atoms with van der Waals surface area (Å²) in [4.78, 5) is 18.2. The number of carbonyl (C=O) groups excluding carboxylic acids is 1. The monoisotopic (exact) mass is 382 g/mol. The van der Waals surface area contributed by atoms with Gasteiger partial charge in [0, 0.05) is 28.0 Å². The fourth-order valence-electron chi connectivity index (χ4n) is 2.97. The van der Waals surface area contributed by atoms with Crippen molar-refractivity contribution in [3.05, 3.63) is 76.2 Å². The zero-order valence-electron chi connectivity index (χ0n) is 14.1. The Bertz CT molecular complexity index is 896. The molecule has 1 aliphatic rings. The van der Waals surface area contributed by atoms with Gasteiger partial charge in [-0.15, -0.1) is 23.1 Å². The summed E-state index contributed by atoms with van der Waals surface area (Å²) in [6.45, 7) is 0.613. The number of nitrogens with zero attached hydrogens (tertiary/aromatic N) is 1. The Morgan fingerprint density at radius 3 is 2.96 bits per heavy atom. The Labute approximate surface area is 160 Å². The summed E-state index contributed by atoms with van der Waals surface area (Å²) >= 11 is 3.23. The molecule has 1 amide bonds.